The van der Waals surface area contributed by atoms with Gasteiger partial charge < -0.3 is 15.0 Å². The Bertz CT molecular complexity index is 508. The first-order valence-electron chi connectivity index (χ1n) is 6.70. The number of nitrogens with one attached hydrogen (secondary N) is 1. The topological polar surface area (TPSA) is 58.6 Å². The number of carbonyl (C=O) groups is 2. The molecule has 1 N–H and O–H groups in total. The van der Waals surface area contributed by atoms with Crippen LogP contribution in [0.25, 0.3) is 0 Å². The van der Waals surface area contributed by atoms with E-state index in [1.54, 1.807) is 4.90 Å². The molecule has 0 saturated carbocycles. The van der Waals surface area contributed by atoms with Gasteiger partial charge >= 0.3 is 0 Å². The van der Waals surface area contributed by atoms with Crippen LogP contribution in [0.2, 0.25) is 0 Å². The van der Waals surface area contributed by atoms with Crippen molar-refractivity contribution in [2.24, 2.45) is 0 Å². The first-order chi connectivity index (χ1) is 9.45. The highest BCUT2D eigenvalue weighted by Crippen LogP contribution is 2.21. The summed E-state index contributed by atoms with van der Waals surface area (Å²) in [5.41, 5.74) is 3.14. The molecule has 1 atom stereocenters. The molecule has 0 bridgehead atoms. The van der Waals surface area contributed by atoms with Gasteiger partial charge in [0, 0.05) is 19.2 Å². The van der Waals surface area contributed by atoms with Gasteiger partial charge in [0.2, 0.25) is 5.91 Å². The zero-order valence-electron chi connectivity index (χ0n) is 12.1. The van der Waals surface area contributed by atoms with Crippen molar-refractivity contribution in [3.63, 3.8) is 0 Å². The molecule has 20 heavy (non-hydrogen) atoms. The summed E-state index contributed by atoms with van der Waals surface area (Å²) < 4.78 is 5.45. The van der Waals surface area contributed by atoms with Gasteiger partial charge in [-0.25, -0.2) is 0 Å². The minimum Gasteiger partial charge on any atom is -0.365 e. The maximum Gasteiger partial charge on any atom is 0.253 e. The summed E-state index contributed by atoms with van der Waals surface area (Å²) in [5.74, 6) is -0.141. The average Bonchev–Trinajstić information content (AvgIpc) is 2.36. The second kappa shape index (κ2) is 6.05. The predicted octanol–water partition coefficient (Wildman–Crippen LogP) is 1.17. The summed E-state index contributed by atoms with van der Waals surface area (Å²) in [6, 6.07) is 6.06. The SMILES string of the molecule is CC(=O)NCC1CN(c2cc(C)cc(C)c2)C(=O)CO1. The summed E-state index contributed by atoms with van der Waals surface area (Å²) in [7, 11) is 0. The Kier molecular flexibility index (Phi) is 4.39. The number of hydrogen-bond donors (Lipinski definition) is 1. The van der Waals surface area contributed by atoms with E-state index in [9.17, 15) is 9.59 Å². The molecule has 1 aliphatic rings. The van der Waals surface area contributed by atoms with Gasteiger partial charge in [-0.1, -0.05) is 6.07 Å². The number of rotatable bonds is 3. The molecule has 0 radical (unpaired) electrons. The number of benzene rings is 1. The largest absolute Gasteiger partial charge is 0.365 e. The molecule has 1 fully saturated rings. The Balaban J connectivity index is 2.12. The molecule has 1 aromatic rings. The van der Waals surface area contributed by atoms with Crippen molar-refractivity contribution in [1.29, 1.82) is 0 Å². The van der Waals surface area contributed by atoms with Gasteiger partial charge in [0.25, 0.3) is 5.91 Å². The first-order valence-corrected chi connectivity index (χ1v) is 6.70. The zero-order chi connectivity index (χ0) is 14.7. The normalized spacial score (nSPS) is 19.1. The second-order valence-electron chi connectivity index (χ2n) is 5.22. The Labute approximate surface area is 118 Å². The van der Waals surface area contributed by atoms with Crippen LogP contribution < -0.4 is 10.2 Å². The third-order valence-electron chi connectivity index (χ3n) is 3.23. The van der Waals surface area contributed by atoms with E-state index in [1.165, 1.54) is 6.92 Å². The summed E-state index contributed by atoms with van der Waals surface area (Å²) in [5, 5.41) is 2.72. The average molecular weight is 276 g/mol. The van der Waals surface area contributed by atoms with E-state index in [-0.39, 0.29) is 24.5 Å². The van der Waals surface area contributed by atoms with Gasteiger partial charge in [-0.3, -0.25) is 9.59 Å². The van der Waals surface area contributed by atoms with Gasteiger partial charge in [0.15, 0.2) is 0 Å². The number of ether oxygens (including phenoxy) is 1. The highest BCUT2D eigenvalue weighted by molar-refractivity contribution is 5.95. The van der Waals surface area contributed by atoms with Crippen LogP contribution >= 0.6 is 0 Å². The number of amides is 2. The fourth-order valence-electron chi connectivity index (χ4n) is 2.36. The number of aryl methyl sites for hydroxylation is 2. The van der Waals surface area contributed by atoms with Crippen LogP contribution in [-0.4, -0.2) is 37.6 Å². The van der Waals surface area contributed by atoms with E-state index in [2.05, 4.69) is 11.4 Å². The van der Waals surface area contributed by atoms with E-state index >= 15 is 0 Å². The zero-order valence-corrected chi connectivity index (χ0v) is 12.1. The van der Waals surface area contributed by atoms with Gasteiger partial charge in [-0.05, 0) is 37.1 Å². The molecule has 5 nitrogen and oxygen atoms in total. The smallest absolute Gasteiger partial charge is 0.253 e. The minimum absolute atomic E-state index is 0.0472. The Morgan fingerprint density at radius 3 is 2.60 bits per heavy atom. The maximum absolute atomic E-state index is 12.0. The van der Waals surface area contributed by atoms with Crippen LogP contribution in [0.5, 0.6) is 0 Å². The molecule has 2 amide bonds. The quantitative estimate of drug-likeness (QED) is 0.901. The highest BCUT2D eigenvalue weighted by Gasteiger charge is 2.27. The van der Waals surface area contributed by atoms with Crippen molar-refractivity contribution in [2.75, 3.05) is 24.6 Å². The number of hydrogen-bond acceptors (Lipinski definition) is 3. The molecule has 1 heterocycles. The van der Waals surface area contributed by atoms with E-state index in [4.69, 9.17) is 4.74 Å². The molecular formula is C15H20N2O3. The van der Waals surface area contributed by atoms with Gasteiger partial charge in [-0.15, -0.1) is 0 Å². The first kappa shape index (κ1) is 14.5. The van der Waals surface area contributed by atoms with Gasteiger partial charge in [0.1, 0.15) is 6.61 Å². The van der Waals surface area contributed by atoms with Crippen molar-refractivity contribution < 1.29 is 14.3 Å². The second-order valence-corrected chi connectivity index (χ2v) is 5.22. The third-order valence-corrected chi connectivity index (χ3v) is 3.23. The summed E-state index contributed by atoms with van der Waals surface area (Å²) in [6.45, 7) is 6.42. The van der Waals surface area contributed by atoms with Crippen molar-refractivity contribution >= 4 is 17.5 Å². The van der Waals surface area contributed by atoms with Crippen LogP contribution in [-0.2, 0) is 14.3 Å². The molecular weight excluding hydrogens is 256 g/mol. The molecule has 0 aliphatic carbocycles. The molecule has 5 heteroatoms. The summed E-state index contributed by atoms with van der Waals surface area (Å²) in [4.78, 5) is 24.7. The van der Waals surface area contributed by atoms with Crippen LogP contribution in [0.1, 0.15) is 18.1 Å². The van der Waals surface area contributed by atoms with Crippen LogP contribution in [0.4, 0.5) is 5.69 Å². The van der Waals surface area contributed by atoms with Crippen molar-refractivity contribution in [3.05, 3.63) is 29.3 Å². The number of nitrogens with zero attached hydrogens (tertiary/aromatic N) is 1. The van der Waals surface area contributed by atoms with Crippen molar-refractivity contribution in [2.45, 2.75) is 26.9 Å². The molecule has 1 saturated heterocycles. The molecule has 1 aliphatic heterocycles. The standard InChI is InChI=1S/C15H20N2O3/c1-10-4-11(2)6-13(5-10)17-8-14(7-16-12(3)18)20-9-15(17)19/h4-6,14H,7-9H2,1-3H3,(H,16,18). The van der Waals surface area contributed by atoms with E-state index < -0.39 is 0 Å². The summed E-state index contributed by atoms with van der Waals surface area (Å²) >= 11 is 0. The molecule has 0 aromatic heterocycles. The van der Waals surface area contributed by atoms with Crippen molar-refractivity contribution in [1.82, 2.24) is 5.32 Å². The highest BCUT2D eigenvalue weighted by atomic mass is 16.5. The van der Waals surface area contributed by atoms with E-state index in [0.29, 0.717) is 13.1 Å². The lowest BCUT2D eigenvalue weighted by Crippen LogP contribution is -2.50. The Hall–Kier alpha value is -1.88. The molecule has 1 aromatic carbocycles. The van der Waals surface area contributed by atoms with Gasteiger partial charge in [-0.2, -0.15) is 0 Å². The minimum atomic E-state index is -0.169. The van der Waals surface area contributed by atoms with Crippen LogP contribution in [0, 0.1) is 13.8 Å². The van der Waals surface area contributed by atoms with Crippen LogP contribution in [0.15, 0.2) is 18.2 Å². The molecule has 2 rings (SSSR count). The number of carbonyl (C=O) groups excluding carboxylic acids is 2. The van der Waals surface area contributed by atoms with Crippen LogP contribution in [0.3, 0.4) is 0 Å². The Morgan fingerprint density at radius 2 is 2.00 bits per heavy atom. The maximum atomic E-state index is 12.0. The van der Waals surface area contributed by atoms with Crippen molar-refractivity contribution in [3.8, 4) is 0 Å². The van der Waals surface area contributed by atoms with E-state index in [1.807, 2.05) is 26.0 Å². The summed E-state index contributed by atoms with van der Waals surface area (Å²) in [6.07, 6.45) is -0.169. The Morgan fingerprint density at radius 1 is 1.35 bits per heavy atom. The van der Waals surface area contributed by atoms with Gasteiger partial charge in [0.05, 0.1) is 12.6 Å². The number of morpholine rings is 1. The number of anilines is 1. The molecule has 0 spiro atoms. The fourth-order valence-corrected chi connectivity index (χ4v) is 2.36. The molecule has 108 valence electrons. The monoisotopic (exact) mass is 276 g/mol. The third kappa shape index (κ3) is 3.57. The fraction of sp³-hybridized carbons (Fsp3) is 0.467. The lowest BCUT2D eigenvalue weighted by atomic mass is 10.1. The lowest BCUT2D eigenvalue weighted by Gasteiger charge is -2.33. The van der Waals surface area contributed by atoms with E-state index in [0.717, 1.165) is 16.8 Å². The predicted molar refractivity (Wildman–Crippen MR) is 76.7 cm³/mol. The lowest BCUT2D eigenvalue weighted by molar-refractivity contribution is -0.129. The molecule has 1 unspecified atom stereocenters.